The van der Waals surface area contributed by atoms with E-state index in [0.29, 0.717) is 5.95 Å². The molecule has 4 heteroatoms. The average Bonchev–Trinajstić information content (AvgIpc) is 3.81. The molecule has 9 aromatic carbocycles. The van der Waals surface area contributed by atoms with Crippen LogP contribution in [0, 0.1) is 0 Å². The molecule has 12 rings (SSSR count). The second kappa shape index (κ2) is 12.0. The zero-order valence-corrected chi connectivity index (χ0v) is 30.1. The topological polar surface area (TPSA) is 43.9 Å². The molecule has 0 atom stereocenters. The van der Waals surface area contributed by atoms with E-state index < -0.39 is 0 Å². The highest BCUT2D eigenvalue weighted by molar-refractivity contribution is 6.19. The smallest absolute Gasteiger partial charge is 0.235 e. The van der Waals surface area contributed by atoms with E-state index in [9.17, 15) is 0 Å². The summed E-state index contributed by atoms with van der Waals surface area (Å²) in [5.74, 6) is 0.608. The number of hydrogen-bond donors (Lipinski definition) is 0. The van der Waals surface area contributed by atoms with E-state index in [0.717, 1.165) is 77.0 Å². The summed E-state index contributed by atoms with van der Waals surface area (Å²) in [5.41, 5.74) is 11.0. The van der Waals surface area contributed by atoms with Crippen LogP contribution in [0.5, 0.6) is 0 Å². The number of benzene rings is 9. The molecule has 0 fully saturated rings. The van der Waals surface area contributed by atoms with E-state index in [1.54, 1.807) is 0 Å². The van der Waals surface area contributed by atoms with E-state index in [1.165, 1.54) is 32.7 Å². The minimum Gasteiger partial charge on any atom is -0.455 e. The highest BCUT2D eigenvalue weighted by Crippen LogP contribution is 2.43. The molecule has 260 valence electrons. The van der Waals surface area contributed by atoms with Crippen LogP contribution in [0.25, 0.3) is 116 Å². The predicted molar refractivity (Wildman–Crippen MR) is 232 cm³/mol. The molecule has 0 saturated carbocycles. The molecule has 0 spiro atoms. The third kappa shape index (κ3) is 4.66. The number of hydrogen-bond acceptors (Lipinski definition) is 3. The van der Waals surface area contributed by atoms with Crippen molar-refractivity contribution in [3.63, 3.8) is 0 Å². The molecule has 0 aliphatic heterocycles. The van der Waals surface area contributed by atoms with Crippen LogP contribution in [0.4, 0.5) is 0 Å². The van der Waals surface area contributed by atoms with Crippen molar-refractivity contribution in [3.05, 3.63) is 188 Å². The molecule has 0 aliphatic rings. The molecule has 56 heavy (non-hydrogen) atoms. The molecule has 0 aliphatic carbocycles. The van der Waals surface area contributed by atoms with Gasteiger partial charge >= 0.3 is 0 Å². The number of nitrogens with zero attached hydrogens (tertiary/aromatic N) is 3. The molecule has 3 aromatic heterocycles. The third-order valence-electron chi connectivity index (χ3n) is 11.4. The summed E-state index contributed by atoms with van der Waals surface area (Å²) >= 11 is 0. The number of fused-ring (bicyclic) bond motifs is 9. The maximum Gasteiger partial charge on any atom is 0.235 e. The molecule has 0 radical (unpaired) electrons. The largest absolute Gasteiger partial charge is 0.455 e. The van der Waals surface area contributed by atoms with Crippen LogP contribution in [0.15, 0.2) is 192 Å². The Morgan fingerprint density at radius 1 is 0.393 bits per heavy atom. The molecule has 0 N–H and O–H groups in total. The summed E-state index contributed by atoms with van der Waals surface area (Å²) in [5, 5.41) is 10.2. The van der Waals surface area contributed by atoms with E-state index >= 15 is 0 Å². The maximum absolute atomic E-state index is 6.63. The number of para-hydroxylation sites is 2. The van der Waals surface area contributed by atoms with Gasteiger partial charge in [0.05, 0.1) is 22.2 Å². The van der Waals surface area contributed by atoms with Crippen LogP contribution in [0.3, 0.4) is 0 Å². The van der Waals surface area contributed by atoms with Crippen molar-refractivity contribution in [2.45, 2.75) is 0 Å². The van der Waals surface area contributed by atoms with Gasteiger partial charge in [-0.2, -0.15) is 0 Å². The van der Waals surface area contributed by atoms with Crippen LogP contribution >= 0.6 is 0 Å². The summed E-state index contributed by atoms with van der Waals surface area (Å²) in [6.07, 6.45) is 0. The fourth-order valence-corrected chi connectivity index (χ4v) is 8.73. The molecule has 0 saturated heterocycles. The van der Waals surface area contributed by atoms with Gasteiger partial charge < -0.3 is 4.42 Å². The van der Waals surface area contributed by atoms with Gasteiger partial charge in [-0.1, -0.05) is 140 Å². The van der Waals surface area contributed by atoms with Gasteiger partial charge in [-0.3, -0.25) is 4.57 Å². The van der Waals surface area contributed by atoms with Crippen molar-refractivity contribution in [3.8, 4) is 39.5 Å². The van der Waals surface area contributed by atoms with Gasteiger partial charge in [0.2, 0.25) is 5.95 Å². The molecular weight excluding hydrogens is 683 g/mol. The van der Waals surface area contributed by atoms with Crippen molar-refractivity contribution in [2.24, 2.45) is 0 Å². The molecule has 12 aromatic rings. The second-order valence-corrected chi connectivity index (χ2v) is 14.6. The Morgan fingerprint density at radius 3 is 1.96 bits per heavy atom. The van der Waals surface area contributed by atoms with Gasteiger partial charge in [0.1, 0.15) is 11.2 Å². The lowest BCUT2D eigenvalue weighted by Gasteiger charge is -2.13. The minimum absolute atomic E-state index is 0.608. The van der Waals surface area contributed by atoms with Gasteiger partial charge in [-0.25, -0.2) is 9.97 Å². The van der Waals surface area contributed by atoms with Crippen molar-refractivity contribution in [2.75, 3.05) is 0 Å². The standard InChI is InChI=1S/C52H31N3O/c1-2-12-32(13-3-1)37-26-27-42-45(30-37)53-52(54-50(42)43-21-10-20-41-40-18-8-9-23-48(40)56-51(41)43)55-46-22-11-19-39(38-25-24-33-14-4-5-15-34(33)28-38)49(46)44-29-35-16-6-7-17-36(35)31-47(44)55/h1-31H. The van der Waals surface area contributed by atoms with Crippen molar-refractivity contribution in [1.82, 2.24) is 14.5 Å². The Morgan fingerprint density at radius 2 is 1.09 bits per heavy atom. The first kappa shape index (κ1) is 30.9. The summed E-state index contributed by atoms with van der Waals surface area (Å²) in [7, 11) is 0. The fourth-order valence-electron chi connectivity index (χ4n) is 8.73. The zero-order chi connectivity index (χ0) is 36.7. The lowest BCUT2D eigenvalue weighted by molar-refractivity contribution is 0.670. The molecule has 4 nitrogen and oxygen atoms in total. The molecule has 0 bridgehead atoms. The van der Waals surface area contributed by atoms with E-state index in [4.69, 9.17) is 14.4 Å². The highest BCUT2D eigenvalue weighted by atomic mass is 16.3. The molecule has 0 amide bonds. The zero-order valence-electron chi connectivity index (χ0n) is 30.1. The van der Waals surface area contributed by atoms with Gasteiger partial charge in [0, 0.05) is 32.5 Å². The van der Waals surface area contributed by atoms with Crippen LogP contribution in [-0.4, -0.2) is 14.5 Å². The monoisotopic (exact) mass is 713 g/mol. The Hall–Kier alpha value is -7.56. The van der Waals surface area contributed by atoms with Crippen molar-refractivity contribution < 1.29 is 4.42 Å². The highest BCUT2D eigenvalue weighted by Gasteiger charge is 2.22. The summed E-state index contributed by atoms with van der Waals surface area (Å²) in [6, 6.07) is 66.8. The Kier molecular flexibility index (Phi) is 6.60. The van der Waals surface area contributed by atoms with Crippen LogP contribution in [0.1, 0.15) is 0 Å². The molecule has 3 heterocycles. The number of furan rings is 1. The van der Waals surface area contributed by atoms with Crippen LogP contribution in [-0.2, 0) is 0 Å². The Labute approximate surface area is 321 Å². The summed E-state index contributed by atoms with van der Waals surface area (Å²) in [4.78, 5) is 11.0. The number of rotatable bonds is 4. The SMILES string of the molecule is c1ccc(-c2ccc3c(-c4cccc5c4oc4ccccc45)nc(-n4c5cc6ccccc6cc5c5c(-c6ccc7ccccc7c6)cccc54)nc3c2)cc1. The first-order chi connectivity index (χ1) is 27.7. The summed E-state index contributed by atoms with van der Waals surface area (Å²) in [6.45, 7) is 0. The van der Waals surface area contributed by atoms with E-state index in [-0.39, 0.29) is 0 Å². The third-order valence-corrected chi connectivity index (χ3v) is 11.4. The van der Waals surface area contributed by atoms with Gasteiger partial charge in [-0.05, 0) is 92.3 Å². The first-order valence-electron chi connectivity index (χ1n) is 19.0. The quantitative estimate of drug-likeness (QED) is 0.182. The molecule has 0 unspecified atom stereocenters. The normalized spacial score (nSPS) is 11.9. The number of aromatic nitrogens is 3. The fraction of sp³-hybridized carbons (Fsp3) is 0. The van der Waals surface area contributed by atoms with Crippen molar-refractivity contribution >= 4 is 76.2 Å². The van der Waals surface area contributed by atoms with Gasteiger partial charge in [0.25, 0.3) is 0 Å². The predicted octanol–water partition coefficient (Wildman–Crippen LogP) is 13.9. The average molecular weight is 714 g/mol. The maximum atomic E-state index is 6.63. The lowest BCUT2D eigenvalue weighted by Crippen LogP contribution is -2.04. The van der Waals surface area contributed by atoms with Gasteiger partial charge in [-0.15, -0.1) is 0 Å². The Bertz CT molecular complexity index is 3540. The van der Waals surface area contributed by atoms with Crippen LogP contribution < -0.4 is 0 Å². The Balaban J connectivity index is 1.20. The van der Waals surface area contributed by atoms with Gasteiger partial charge in [0.15, 0.2) is 0 Å². The second-order valence-electron chi connectivity index (χ2n) is 14.6. The molecular formula is C52H31N3O. The van der Waals surface area contributed by atoms with E-state index in [2.05, 4.69) is 180 Å². The minimum atomic E-state index is 0.608. The van der Waals surface area contributed by atoms with Crippen LogP contribution in [0.2, 0.25) is 0 Å². The lowest BCUT2D eigenvalue weighted by atomic mass is 9.96. The van der Waals surface area contributed by atoms with E-state index in [1.807, 2.05) is 12.1 Å². The van der Waals surface area contributed by atoms with Crippen molar-refractivity contribution in [1.29, 1.82) is 0 Å². The first-order valence-corrected chi connectivity index (χ1v) is 19.0. The summed E-state index contributed by atoms with van der Waals surface area (Å²) < 4.78 is 8.89.